The van der Waals surface area contributed by atoms with Gasteiger partial charge in [-0.3, -0.25) is 10.00 Å². The van der Waals surface area contributed by atoms with E-state index in [1.165, 1.54) is 11.1 Å². The van der Waals surface area contributed by atoms with Crippen LogP contribution in [0, 0.1) is 6.92 Å². The summed E-state index contributed by atoms with van der Waals surface area (Å²) in [6.07, 6.45) is 2.49. The zero-order valence-corrected chi connectivity index (χ0v) is 13.0. The minimum Gasteiger partial charge on any atom is -0.393 e. The summed E-state index contributed by atoms with van der Waals surface area (Å²) in [6, 6.07) is 10.4. The Balaban J connectivity index is 1.69. The molecule has 2 heterocycles. The highest BCUT2D eigenvalue weighted by molar-refractivity contribution is 5.23. The highest BCUT2D eigenvalue weighted by Gasteiger charge is 2.36. The largest absolute Gasteiger partial charge is 0.393 e. The number of aliphatic hydroxyl groups is 1. The third-order valence-electron chi connectivity index (χ3n) is 4.21. The summed E-state index contributed by atoms with van der Waals surface area (Å²) in [5.41, 5.74) is 3.01. The molecule has 0 radical (unpaired) electrons. The van der Waals surface area contributed by atoms with Crippen molar-refractivity contribution in [2.24, 2.45) is 0 Å². The molecule has 5 heteroatoms. The molecule has 0 saturated carbocycles. The van der Waals surface area contributed by atoms with Gasteiger partial charge in [-0.05, 0) is 18.6 Å². The smallest absolute Gasteiger partial charge is 0.108 e. The molecule has 1 aliphatic rings. The first kappa shape index (κ1) is 15.2. The molecule has 1 fully saturated rings. The molecule has 1 saturated heterocycles. The molecule has 0 aliphatic carbocycles. The first-order valence-corrected chi connectivity index (χ1v) is 7.70. The van der Waals surface area contributed by atoms with E-state index in [9.17, 15) is 5.11 Å². The van der Waals surface area contributed by atoms with Crippen LogP contribution < -0.4 is 0 Å². The van der Waals surface area contributed by atoms with Gasteiger partial charge in [0, 0.05) is 37.9 Å². The quantitative estimate of drug-likeness (QED) is 0.879. The van der Waals surface area contributed by atoms with Gasteiger partial charge in [0.05, 0.1) is 13.2 Å². The Hall–Kier alpha value is -1.69. The molecule has 22 heavy (non-hydrogen) atoms. The number of nitrogens with zero attached hydrogens (tertiary/aromatic N) is 2. The minimum atomic E-state index is -0.520. The van der Waals surface area contributed by atoms with E-state index in [0.29, 0.717) is 6.61 Å². The van der Waals surface area contributed by atoms with Gasteiger partial charge in [0.15, 0.2) is 0 Å². The van der Waals surface area contributed by atoms with Crippen molar-refractivity contribution in [2.45, 2.75) is 25.5 Å². The Labute approximate surface area is 130 Å². The van der Waals surface area contributed by atoms with Gasteiger partial charge in [0.25, 0.3) is 0 Å². The van der Waals surface area contributed by atoms with Crippen LogP contribution in [0.25, 0.3) is 0 Å². The number of benzene rings is 1. The average molecular weight is 301 g/mol. The van der Waals surface area contributed by atoms with Crippen molar-refractivity contribution < 1.29 is 9.84 Å². The van der Waals surface area contributed by atoms with E-state index < -0.39 is 5.60 Å². The number of rotatable bonds is 5. The van der Waals surface area contributed by atoms with Crippen molar-refractivity contribution in [3.8, 4) is 0 Å². The molecule has 5 nitrogen and oxygen atoms in total. The molecular formula is C17H23N3O2. The van der Waals surface area contributed by atoms with Gasteiger partial charge >= 0.3 is 0 Å². The molecule has 0 unspecified atom stereocenters. The molecule has 118 valence electrons. The van der Waals surface area contributed by atoms with Crippen LogP contribution in [0.5, 0.6) is 0 Å². The first-order valence-electron chi connectivity index (χ1n) is 7.70. The molecule has 1 aliphatic heterocycles. The predicted molar refractivity (Wildman–Crippen MR) is 84.5 cm³/mol. The lowest BCUT2D eigenvalue weighted by molar-refractivity contribution is -0.134. The number of ether oxygens (including phenoxy) is 1. The highest BCUT2D eigenvalue weighted by atomic mass is 16.5. The van der Waals surface area contributed by atoms with Crippen LogP contribution in [-0.2, 0) is 17.7 Å². The van der Waals surface area contributed by atoms with Crippen molar-refractivity contribution in [2.75, 3.05) is 26.3 Å². The maximum absolute atomic E-state index is 9.93. The summed E-state index contributed by atoms with van der Waals surface area (Å²) in [6.45, 7) is 5.14. The van der Waals surface area contributed by atoms with Crippen LogP contribution in [0.4, 0.5) is 0 Å². The van der Waals surface area contributed by atoms with Crippen molar-refractivity contribution in [1.29, 1.82) is 0 Å². The Morgan fingerprint density at radius 3 is 2.82 bits per heavy atom. The highest BCUT2D eigenvalue weighted by Crippen LogP contribution is 2.24. The van der Waals surface area contributed by atoms with E-state index in [-0.39, 0.29) is 6.61 Å². The maximum Gasteiger partial charge on any atom is 0.108 e. The molecule has 0 amide bonds. The SMILES string of the molecule is Cc1ccc(C[C@@]2(CO)CN(Cc3ccn[nH]3)CCO2)cc1. The molecule has 2 aromatic rings. The fourth-order valence-corrected chi connectivity index (χ4v) is 3.01. The summed E-state index contributed by atoms with van der Waals surface area (Å²) in [5, 5.41) is 16.9. The van der Waals surface area contributed by atoms with Crippen molar-refractivity contribution in [3.05, 3.63) is 53.3 Å². The van der Waals surface area contributed by atoms with E-state index in [1.807, 2.05) is 6.07 Å². The predicted octanol–water partition coefficient (Wildman–Crippen LogP) is 1.52. The normalized spacial score (nSPS) is 22.8. The molecule has 3 rings (SSSR count). The second-order valence-electron chi connectivity index (χ2n) is 6.14. The average Bonchev–Trinajstić information content (AvgIpc) is 3.03. The monoisotopic (exact) mass is 301 g/mol. The van der Waals surface area contributed by atoms with Gasteiger partial charge in [0.1, 0.15) is 5.60 Å². The van der Waals surface area contributed by atoms with Crippen molar-refractivity contribution >= 4 is 0 Å². The molecule has 1 aromatic heterocycles. The Kier molecular flexibility index (Phi) is 4.57. The number of aromatic nitrogens is 2. The van der Waals surface area contributed by atoms with Crippen LogP contribution >= 0.6 is 0 Å². The number of aryl methyl sites for hydroxylation is 1. The van der Waals surface area contributed by atoms with Gasteiger partial charge in [-0.2, -0.15) is 5.10 Å². The van der Waals surface area contributed by atoms with Crippen LogP contribution in [0.3, 0.4) is 0 Å². The summed E-state index contributed by atoms with van der Waals surface area (Å²) in [5.74, 6) is 0. The third-order valence-corrected chi connectivity index (χ3v) is 4.21. The van der Waals surface area contributed by atoms with Gasteiger partial charge in [-0.25, -0.2) is 0 Å². The van der Waals surface area contributed by atoms with E-state index in [4.69, 9.17) is 4.74 Å². The minimum absolute atomic E-state index is 0.0281. The van der Waals surface area contributed by atoms with Crippen LogP contribution in [0.2, 0.25) is 0 Å². The van der Waals surface area contributed by atoms with E-state index >= 15 is 0 Å². The number of nitrogens with one attached hydrogen (secondary N) is 1. The van der Waals surface area contributed by atoms with Gasteiger partial charge in [-0.1, -0.05) is 29.8 Å². The zero-order chi connectivity index (χ0) is 15.4. The molecule has 1 atom stereocenters. The second kappa shape index (κ2) is 6.60. The van der Waals surface area contributed by atoms with E-state index in [1.54, 1.807) is 6.20 Å². The topological polar surface area (TPSA) is 61.4 Å². The Morgan fingerprint density at radius 2 is 2.14 bits per heavy atom. The summed E-state index contributed by atoms with van der Waals surface area (Å²) < 4.78 is 5.98. The molecule has 0 spiro atoms. The summed E-state index contributed by atoms with van der Waals surface area (Å²) in [7, 11) is 0. The van der Waals surface area contributed by atoms with Crippen LogP contribution in [0.15, 0.2) is 36.5 Å². The third kappa shape index (κ3) is 3.55. The fraction of sp³-hybridized carbons (Fsp3) is 0.471. The van der Waals surface area contributed by atoms with E-state index in [0.717, 1.165) is 31.7 Å². The maximum atomic E-state index is 9.93. The van der Waals surface area contributed by atoms with Gasteiger partial charge < -0.3 is 9.84 Å². The number of aliphatic hydroxyl groups excluding tert-OH is 1. The number of hydrogen-bond acceptors (Lipinski definition) is 4. The Bertz CT molecular complexity index is 582. The molecule has 2 N–H and O–H groups in total. The molecule has 1 aromatic carbocycles. The van der Waals surface area contributed by atoms with Crippen LogP contribution in [0.1, 0.15) is 16.8 Å². The van der Waals surface area contributed by atoms with E-state index in [2.05, 4.69) is 46.3 Å². The first-order chi connectivity index (χ1) is 10.7. The zero-order valence-electron chi connectivity index (χ0n) is 13.0. The lowest BCUT2D eigenvalue weighted by Gasteiger charge is -2.41. The van der Waals surface area contributed by atoms with Gasteiger partial charge in [-0.15, -0.1) is 0 Å². The number of H-pyrrole nitrogens is 1. The fourth-order valence-electron chi connectivity index (χ4n) is 3.01. The number of morpholine rings is 1. The molecular weight excluding hydrogens is 278 g/mol. The summed E-state index contributed by atoms with van der Waals surface area (Å²) in [4.78, 5) is 2.31. The number of aromatic amines is 1. The summed E-state index contributed by atoms with van der Waals surface area (Å²) >= 11 is 0. The standard InChI is InChI=1S/C17H23N3O2/c1-14-2-4-15(5-3-14)10-17(13-21)12-20(8-9-22-17)11-16-6-7-18-19-16/h2-7,21H,8-13H2,1H3,(H,18,19)/t17-/m0/s1. The lowest BCUT2D eigenvalue weighted by Crippen LogP contribution is -2.55. The second-order valence-corrected chi connectivity index (χ2v) is 6.14. The Morgan fingerprint density at radius 1 is 1.32 bits per heavy atom. The van der Waals surface area contributed by atoms with Crippen molar-refractivity contribution in [1.82, 2.24) is 15.1 Å². The van der Waals surface area contributed by atoms with Gasteiger partial charge in [0.2, 0.25) is 0 Å². The van der Waals surface area contributed by atoms with Crippen LogP contribution in [-0.4, -0.2) is 52.1 Å². The van der Waals surface area contributed by atoms with Crippen molar-refractivity contribution in [3.63, 3.8) is 0 Å². The molecule has 0 bridgehead atoms. The lowest BCUT2D eigenvalue weighted by atomic mass is 9.92. The number of hydrogen-bond donors (Lipinski definition) is 2.